The molecule has 0 atom stereocenters. The van der Waals surface area contributed by atoms with Crippen LogP contribution in [0.5, 0.6) is 0 Å². The molecule has 0 saturated carbocycles. The summed E-state index contributed by atoms with van der Waals surface area (Å²) >= 11 is 0. The van der Waals surface area contributed by atoms with E-state index in [1.807, 2.05) is 36.1 Å². The average molecular weight is 172 g/mol. The molecule has 2 aromatic rings. The number of rotatable bonds is 1. The number of aromatic nitrogens is 2. The van der Waals surface area contributed by atoms with Crippen LogP contribution < -0.4 is 0 Å². The van der Waals surface area contributed by atoms with Crippen molar-refractivity contribution in [1.29, 1.82) is 0 Å². The van der Waals surface area contributed by atoms with E-state index >= 15 is 0 Å². The van der Waals surface area contributed by atoms with Gasteiger partial charge in [0.05, 0.1) is 5.69 Å². The lowest BCUT2D eigenvalue weighted by Gasteiger charge is -1.96. The van der Waals surface area contributed by atoms with Gasteiger partial charge < -0.3 is 0 Å². The molecular formula is C11H12N2. The van der Waals surface area contributed by atoms with E-state index in [0.717, 1.165) is 5.69 Å². The first-order valence-corrected chi connectivity index (χ1v) is 4.33. The SMILES string of the molecule is Cc1cn(C)nc1-c1ccccc1. The van der Waals surface area contributed by atoms with Crippen molar-refractivity contribution in [2.24, 2.45) is 7.05 Å². The fourth-order valence-corrected chi connectivity index (χ4v) is 1.49. The van der Waals surface area contributed by atoms with Crippen LogP contribution in [0.25, 0.3) is 11.3 Å². The van der Waals surface area contributed by atoms with Gasteiger partial charge in [0.15, 0.2) is 0 Å². The van der Waals surface area contributed by atoms with Crippen LogP contribution in [-0.2, 0) is 7.05 Å². The van der Waals surface area contributed by atoms with E-state index in [0.29, 0.717) is 0 Å². The molecule has 1 heterocycles. The minimum absolute atomic E-state index is 1.07. The number of hydrogen-bond donors (Lipinski definition) is 0. The summed E-state index contributed by atoms with van der Waals surface area (Å²) in [6.45, 7) is 2.08. The Hall–Kier alpha value is -1.57. The number of benzene rings is 1. The number of nitrogens with zero attached hydrogens (tertiary/aromatic N) is 2. The second-order valence-electron chi connectivity index (χ2n) is 3.20. The van der Waals surface area contributed by atoms with Crippen LogP contribution in [0, 0.1) is 6.92 Å². The standard InChI is InChI=1S/C11H12N2/c1-9-8-13(2)12-11(9)10-6-4-3-5-7-10/h3-8H,1-2H3. The summed E-state index contributed by atoms with van der Waals surface area (Å²) in [7, 11) is 1.94. The largest absolute Gasteiger partial charge is 0.275 e. The Balaban J connectivity index is 2.53. The van der Waals surface area contributed by atoms with E-state index in [4.69, 9.17) is 0 Å². The Kier molecular flexibility index (Phi) is 1.89. The molecule has 1 aromatic carbocycles. The molecular weight excluding hydrogens is 160 g/mol. The zero-order chi connectivity index (χ0) is 9.26. The van der Waals surface area contributed by atoms with Gasteiger partial charge in [-0.3, -0.25) is 4.68 Å². The van der Waals surface area contributed by atoms with E-state index in [-0.39, 0.29) is 0 Å². The van der Waals surface area contributed by atoms with Crippen molar-refractivity contribution in [1.82, 2.24) is 9.78 Å². The van der Waals surface area contributed by atoms with Crippen LogP contribution in [0.15, 0.2) is 36.5 Å². The number of hydrogen-bond acceptors (Lipinski definition) is 1. The zero-order valence-electron chi connectivity index (χ0n) is 7.86. The van der Waals surface area contributed by atoms with Gasteiger partial charge in [0.2, 0.25) is 0 Å². The lowest BCUT2D eigenvalue weighted by Crippen LogP contribution is -1.87. The van der Waals surface area contributed by atoms with Crippen LogP contribution in [-0.4, -0.2) is 9.78 Å². The fraction of sp³-hybridized carbons (Fsp3) is 0.182. The maximum Gasteiger partial charge on any atom is 0.0952 e. The second kappa shape index (κ2) is 3.05. The Morgan fingerprint density at radius 3 is 2.38 bits per heavy atom. The zero-order valence-corrected chi connectivity index (χ0v) is 7.86. The maximum atomic E-state index is 4.40. The van der Waals surface area contributed by atoms with E-state index in [9.17, 15) is 0 Å². The first kappa shape index (κ1) is 8.05. The van der Waals surface area contributed by atoms with Gasteiger partial charge in [-0.2, -0.15) is 5.10 Å². The predicted octanol–water partition coefficient (Wildman–Crippen LogP) is 2.40. The van der Waals surface area contributed by atoms with Gasteiger partial charge in [0.1, 0.15) is 0 Å². The predicted molar refractivity (Wildman–Crippen MR) is 53.4 cm³/mol. The highest BCUT2D eigenvalue weighted by Gasteiger charge is 2.04. The van der Waals surface area contributed by atoms with Crippen molar-refractivity contribution in [2.75, 3.05) is 0 Å². The van der Waals surface area contributed by atoms with Gasteiger partial charge in [-0.25, -0.2) is 0 Å². The topological polar surface area (TPSA) is 17.8 Å². The molecule has 0 amide bonds. The molecule has 13 heavy (non-hydrogen) atoms. The van der Waals surface area contributed by atoms with Gasteiger partial charge in [0, 0.05) is 18.8 Å². The number of aryl methyl sites for hydroxylation is 2. The minimum atomic E-state index is 1.07. The van der Waals surface area contributed by atoms with Crippen molar-refractivity contribution >= 4 is 0 Å². The summed E-state index contributed by atoms with van der Waals surface area (Å²) in [6, 6.07) is 10.2. The second-order valence-corrected chi connectivity index (χ2v) is 3.20. The van der Waals surface area contributed by atoms with Crippen LogP contribution in [0.2, 0.25) is 0 Å². The van der Waals surface area contributed by atoms with E-state index < -0.39 is 0 Å². The van der Waals surface area contributed by atoms with Gasteiger partial charge in [0.25, 0.3) is 0 Å². The Bertz CT molecular complexity index is 401. The minimum Gasteiger partial charge on any atom is -0.275 e. The first-order chi connectivity index (χ1) is 6.27. The molecule has 0 aliphatic carbocycles. The van der Waals surface area contributed by atoms with Crippen LogP contribution >= 0.6 is 0 Å². The maximum absolute atomic E-state index is 4.40. The summed E-state index contributed by atoms with van der Waals surface area (Å²) < 4.78 is 1.84. The molecule has 2 heteroatoms. The normalized spacial score (nSPS) is 10.3. The van der Waals surface area contributed by atoms with Crippen molar-refractivity contribution in [3.8, 4) is 11.3 Å². The summed E-state index contributed by atoms with van der Waals surface area (Å²) in [6.07, 6.45) is 2.03. The van der Waals surface area contributed by atoms with Crippen LogP contribution in [0.4, 0.5) is 0 Å². The Morgan fingerprint density at radius 1 is 1.15 bits per heavy atom. The lowest BCUT2D eigenvalue weighted by atomic mass is 10.1. The van der Waals surface area contributed by atoms with Gasteiger partial charge in [-0.05, 0) is 12.5 Å². The third-order valence-corrected chi connectivity index (χ3v) is 2.06. The monoisotopic (exact) mass is 172 g/mol. The highest BCUT2D eigenvalue weighted by molar-refractivity contribution is 5.61. The first-order valence-electron chi connectivity index (χ1n) is 4.33. The third kappa shape index (κ3) is 1.47. The molecule has 0 spiro atoms. The molecule has 66 valence electrons. The molecule has 1 aromatic heterocycles. The van der Waals surface area contributed by atoms with Gasteiger partial charge >= 0.3 is 0 Å². The highest BCUT2D eigenvalue weighted by atomic mass is 15.2. The van der Waals surface area contributed by atoms with E-state index in [1.165, 1.54) is 11.1 Å². The quantitative estimate of drug-likeness (QED) is 0.645. The molecule has 0 radical (unpaired) electrons. The highest BCUT2D eigenvalue weighted by Crippen LogP contribution is 2.19. The smallest absolute Gasteiger partial charge is 0.0952 e. The van der Waals surface area contributed by atoms with Gasteiger partial charge in [-0.15, -0.1) is 0 Å². The molecule has 0 aliphatic heterocycles. The van der Waals surface area contributed by atoms with Crippen molar-refractivity contribution in [3.05, 3.63) is 42.1 Å². The lowest BCUT2D eigenvalue weighted by molar-refractivity contribution is 0.770. The van der Waals surface area contributed by atoms with E-state index in [2.05, 4.69) is 24.2 Å². The molecule has 2 rings (SSSR count). The van der Waals surface area contributed by atoms with Gasteiger partial charge in [-0.1, -0.05) is 30.3 Å². The van der Waals surface area contributed by atoms with Crippen LogP contribution in [0.1, 0.15) is 5.56 Å². The van der Waals surface area contributed by atoms with Crippen LogP contribution in [0.3, 0.4) is 0 Å². The average Bonchev–Trinajstić information content (AvgIpc) is 2.47. The Morgan fingerprint density at radius 2 is 1.85 bits per heavy atom. The van der Waals surface area contributed by atoms with Crippen molar-refractivity contribution in [2.45, 2.75) is 6.92 Å². The summed E-state index contributed by atoms with van der Waals surface area (Å²) in [4.78, 5) is 0. The molecule has 0 saturated heterocycles. The molecule has 0 bridgehead atoms. The summed E-state index contributed by atoms with van der Waals surface area (Å²) in [5.74, 6) is 0. The van der Waals surface area contributed by atoms with Crippen molar-refractivity contribution < 1.29 is 0 Å². The fourth-order valence-electron chi connectivity index (χ4n) is 1.49. The molecule has 2 nitrogen and oxygen atoms in total. The molecule has 0 unspecified atom stereocenters. The Labute approximate surface area is 77.8 Å². The summed E-state index contributed by atoms with van der Waals surface area (Å²) in [5.41, 5.74) is 3.47. The molecule has 0 fully saturated rings. The summed E-state index contributed by atoms with van der Waals surface area (Å²) in [5, 5.41) is 4.40. The third-order valence-electron chi connectivity index (χ3n) is 2.06. The van der Waals surface area contributed by atoms with E-state index in [1.54, 1.807) is 0 Å². The van der Waals surface area contributed by atoms with Crippen molar-refractivity contribution in [3.63, 3.8) is 0 Å². The molecule has 0 aliphatic rings. The molecule has 0 N–H and O–H groups in total.